The highest BCUT2D eigenvalue weighted by Gasteiger charge is 2.28. The number of fused-ring (bicyclic) bond motifs is 2. The maximum absolute atomic E-state index is 13.1. The van der Waals surface area contributed by atoms with Gasteiger partial charge in [0.15, 0.2) is 0 Å². The highest BCUT2D eigenvalue weighted by Crippen LogP contribution is 2.27. The minimum Gasteiger partial charge on any atom is -0.356 e. The maximum Gasteiger partial charge on any atom is 0.254 e. The SMILES string of the molecule is Cc1cc(N2CCC[C@H](C(=O)Nc3cccc4ccccc34)C2)n2ncnc2n1. The minimum atomic E-state index is -0.0882. The van der Waals surface area contributed by atoms with Gasteiger partial charge in [-0.2, -0.15) is 14.6 Å². The zero-order chi connectivity index (χ0) is 19.8. The van der Waals surface area contributed by atoms with E-state index in [0.717, 1.165) is 47.4 Å². The fraction of sp³-hybridized carbons (Fsp3) is 0.273. The molecule has 146 valence electrons. The Balaban J connectivity index is 1.39. The lowest BCUT2D eigenvalue weighted by Gasteiger charge is -2.33. The molecule has 0 radical (unpaired) electrons. The van der Waals surface area contributed by atoms with Gasteiger partial charge in [0.25, 0.3) is 5.78 Å². The Bertz CT molecular complexity index is 1200. The quantitative estimate of drug-likeness (QED) is 0.584. The maximum atomic E-state index is 13.1. The number of rotatable bonds is 3. The van der Waals surface area contributed by atoms with Crippen LogP contribution in [0.15, 0.2) is 54.9 Å². The molecule has 1 atom stereocenters. The van der Waals surface area contributed by atoms with Crippen LogP contribution >= 0.6 is 0 Å². The fourth-order valence-electron chi connectivity index (χ4n) is 4.10. The summed E-state index contributed by atoms with van der Waals surface area (Å²) in [5.74, 6) is 1.50. The summed E-state index contributed by atoms with van der Waals surface area (Å²) >= 11 is 0. The van der Waals surface area contributed by atoms with Crippen molar-refractivity contribution >= 4 is 34.0 Å². The van der Waals surface area contributed by atoms with Gasteiger partial charge in [0.2, 0.25) is 5.91 Å². The summed E-state index contributed by atoms with van der Waals surface area (Å²) in [6.45, 7) is 3.48. The molecule has 3 heterocycles. The molecule has 1 aliphatic rings. The van der Waals surface area contributed by atoms with Gasteiger partial charge in [-0.25, -0.2) is 4.98 Å². The molecule has 0 spiro atoms. The smallest absolute Gasteiger partial charge is 0.254 e. The molecule has 1 amide bonds. The molecule has 7 heteroatoms. The zero-order valence-electron chi connectivity index (χ0n) is 16.2. The molecule has 0 saturated carbocycles. The van der Waals surface area contributed by atoms with E-state index in [4.69, 9.17) is 0 Å². The van der Waals surface area contributed by atoms with E-state index in [9.17, 15) is 4.79 Å². The highest BCUT2D eigenvalue weighted by atomic mass is 16.1. The average Bonchev–Trinajstić information content (AvgIpc) is 3.22. The lowest BCUT2D eigenvalue weighted by molar-refractivity contribution is -0.120. The molecule has 2 aromatic heterocycles. The van der Waals surface area contributed by atoms with Crippen molar-refractivity contribution in [1.29, 1.82) is 0 Å². The Hall–Kier alpha value is -3.48. The van der Waals surface area contributed by atoms with Crippen LogP contribution in [0.3, 0.4) is 0 Å². The fourth-order valence-corrected chi connectivity index (χ4v) is 4.10. The molecular weight excluding hydrogens is 364 g/mol. The number of nitrogens with one attached hydrogen (secondary N) is 1. The molecule has 1 aliphatic heterocycles. The average molecular weight is 386 g/mol. The van der Waals surface area contributed by atoms with Crippen LogP contribution in [0.5, 0.6) is 0 Å². The van der Waals surface area contributed by atoms with Crippen molar-refractivity contribution in [3.63, 3.8) is 0 Å². The number of anilines is 2. The third-order valence-electron chi connectivity index (χ3n) is 5.52. The Kier molecular flexibility index (Phi) is 4.35. The minimum absolute atomic E-state index is 0.0617. The summed E-state index contributed by atoms with van der Waals surface area (Å²) in [6, 6.07) is 16.1. The van der Waals surface area contributed by atoms with Crippen molar-refractivity contribution in [2.45, 2.75) is 19.8 Å². The molecule has 7 nitrogen and oxygen atoms in total. The van der Waals surface area contributed by atoms with Crippen LogP contribution in [0.2, 0.25) is 0 Å². The van der Waals surface area contributed by atoms with Crippen LogP contribution in [0.25, 0.3) is 16.6 Å². The van der Waals surface area contributed by atoms with Gasteiger partial charge >= 0.3 is 0 Å². The normalized spacial score (nSPS) is 17.0. The van der Waals surface area contributed by atoms with Crippen molar-refractivity contribution in [3.8, 4) is 0 Å². The van der Waals surface area contributed by atoms with Gasteiger partial charge in [-0.3, -0.25) is 4.79 Å². The summed E-state index contributed by atoms with van der Waals surface area (Å²) < 4.78 is 1.75. The Labute approximate surface area is 168 Å². The first-order chi connectivity index (χ1) is 14.2. The molecule has 1 fully saturated rings. The summed E-state index contributed by atoms with van der Waals surface area (Å²) in [6.07, 6.45) is 3.34. The molecule has 29 heavy (non-hydrogen) atoms. The van der Waals surface area contributed by atoms with Gasteiger partial charge in [0.05, 0.1) is 5.92 Å². The van der Waals surface area contributed by atoms with Crippen LogP contribution in [0.1, 0.15) is 18.5 Å². The van der Waals surface area contributed by atoms with E-state index >= 15 is 0 Å². The second kappa shape index (κ2) is 7.16. The number of hydrogen-bond donors (Lipinski definition) is 1. The lowest BCUT2D eigenvalue weighted by atomic mass is 9.96. The molecule has 1 saturated heterocycles. The van der Waals surface area contributed by atoms with Crippen LogP contribution in [-0.4, -0.2) is 38.6 Å². The van der Waals surface area contributed by atoms with E-state index < -0.39 is 0 Å². The van der Waals surface area contributed by atoms with Crippen molar-refractivity contribution < 1.29 is 4.79 Å². The molecule has 0 aliphatic carbocycles. The van der Waals surface area contributed by atoms with E-state index in [-0.39, 0.29) is 11.8 Å². The van der Waals surface area contributed by atoms with Gasteiger partial charge in [-0.1, -0.05) is 36.4 Å². The second-order valence-electron chi connectivity index (χ2n) is 7.53. The number of carbonyl (C=O) groups is 1. The predicted molar refractivity (Wildman–Crippen MR) is 113 cm³/mol. The van der Waals surface area contributed by atoms with E-state index in [0.29, 0.717) is 12.3 Å². The molecule has 1 N–H and O–H groups in total. The van der Waals surface area contributed by atoms with Crippen molar-refractivity contribution in [1.82, 2.24) is 19.6 Å². The predicted octanol–water partition coefficient (Wildman–Crippen LogP) is 3.44. The number of benzene rings is 2. The van der Waals surface area contributed by atoms with Gasteiger partial charge in [-0.05, 0) is 31.2 Å². The summed E-state index contributed by atoms with van der Waals surface area (Å²) in [5, 5.41) is 9.65. The largest absolute Gasteiger partial charge is 0.356 e. The topological polar surface area (TPSA) is 75.4 Å². The Morgan fingerprint density at radius 3 is 2.97 bits per heavy atom. The van der Waals surface area contributed by atoms with Crippen molar-refractivity contribution in [3.05, 3.63) is 60.6 Å². The van der Waals surface area contributed by atoms with E-state index in [1.165, 1.54) is 6.33 Å². The van der Waals surface area contributed by atoms with E-state index in [1.807, 2.05) is 43.3 Å². The van der Waals surface area contributed by atoms with Crippen LogP contribution in [0, 0.1) is 12.8 Å². The first-order valence-corrected chi connectivity index (χ1v) is 9.90. The van der Waals surface area contributed by atoms with Gasteiger partial charge in [0.1, 0.15) is 12.1 Å². The monoisotopic (exact) mass is 386 g/mol. The summed E-state index contributed by atoms with van der Waals surface area (Å²) in [7, 11) is 0. The first-order valence-electron chi connectivity index (χ1n) is 9.90. The number of aryl methyl sites for hydroxylation is 1. The van der Waals surface area contributed by atoms with Crippen LogP contribution in [0.4, 0.5) is 11.5 Å². The highest BCUT2D eigenvalue weighted by molar-refractivity contribution is 6.03. The number of amides is 1. The third kappa shape index (κ3) is 3.29. The number of aromatic nitrogens is 4. The van der Waals surface area contributed by atoms with Crippen LogP contribution in [-0.2, 0) is 4.79 Å². The lowest BCUT2D eigenvalue weighted by Crippen LogP contribution is -2.41. The van der Waals surface area contributed by atoms with Gasteiger partial charge in [-0.15, -0.1) is 0 Å². The molecule has 4 aromatic rings. The number of piperidine rings is 1. The zero-order valence-corrected chi connectivity index (χ0v) is 16.2. The first kappa shape index (κ1) is 17.6. The summed E-state index contributed by atoms with van der Waals surface area (Å²) in [4.78, 5) is 23.9. The molecule has 2 aromatic carbocycles. The van der Waals surface area contributed by atoms with Crippen molar-refractivity contribution in [2.75, 3.05) is 23.3 Å². The summed E-state index contributed by atoms with van der Waals surface area (Å²) in [5.41, 5.74) is 1.76. The van der Waals surface area contributed by atoms with Gasteiger partial charge in [0, 0.05) is 35.9 Å². The number of nitrogens with zero attached hydrogens (tertiary/aromatic N) is 5. The Morgan fingerprint density at radius 1 is 1.17 bits per heavy atom. The second-order valence-corrected chi connectivity index (χ2v) is 7.53. The third-order valence-corrected chi connectivity index (χ3v) is 5.52. The number of carbonyl (C=O) groups excluding carboxylic acids is 1. The number of hydrogen-bond acceptors (Lipinski definition) is 5. The van der Waals surface area contributed by atoms with E-state index in [1.54, 1.807) is 4.52 Å². The molecular formula is C22H22N6O. The van der Waals surface area contributed by atoms with Crippen molar-refractivity contribution in [2.24, 2.45) is 5.92 Å². The van der Waals surface area contributed by atoms with Crippen LogP contribution < -0.4 is 10.2 Å². The molecule has 0 bridgehead atoms. The standard InChI is InChI=1S/C22H22N6O/c1-15-12-20(28-22(25-15)23-14-24-28)27-11-5-8-17(13-27)21(29)26-19-10-4-7-16-6-2-3-9-18(16)19/h2-4,6-7,9-10,12,14,17H,5,8,11,13H2,1H3,(H,26,29)/t17-/m0/s1. The molecule has 0 unspecified atom stereocenters. The molecule has 5 rings (SSSR count). The Morgan fingerprint density at radius 2 is 2.03 bits per heavy atom. The van der Waals surface area contributed by atoms with Gasteiger partial charge < -0.3 is 10.2 Å². The van der Waals surface area contributed by atoms with E-state index in [2.05, 4.69) is 37.4 Å².